The predicted molar refractivity (Wildman–Crippen MR) is 88.8 cm³/mol. The number of hydrogen-bond donors (Lipinski definition) is 1. The number of nitrogens with zero attached hydrogens (tertiary/aromatic N) is 5. The van der Waals surface area contributed by atoms with E-state index in [-0.39, 0.29) is 0 Å². The molecule has 2 heterocycles. The molecule has 7 nitrogen and oxygen atoms in total. The summed E-state index contributed by atoms with van der Waals surface area (Å²) in [5.41, 5.74) is 1.57. The molecule has 1 aromatic heterocycles. The van der Waals surface area contributed by atoms with E-state index in [1.165, 1.54) is 12.0 Å². The molecule has 0 bridgehead atoms. The summed E-state index contributed by atoms with van der Waals surface area (Å²) >= 11 is 0. The highest BCUT2D eigenvalue weighted by atomic mass is 16.4. The van der Waals surface area contributed by atoms with Crippen molar-refractivity contribution in [3.05, 3.63) is 41.2 Å². The van der Waals surface area contributed by atoms with Crippen molar-refractivity contribution in [2.24, 2.45) is 5.92 Å². The number of benzene rings is 1. The van der Waals surface area contributed by atoms with Crippen LogP contribution in [0.4, 0.5) is 0 Å². The monoisotopic (exact) mass is 329 g/mol. The van der Waals surface area contributed by atoms with Gasteiger partial charge in [0.15, 0.2) is 0 Å². The van der Waals surface area contributed by atoms with E-state index in [9.17, 15) is 4.79 Å². The average molecular weight is 329 g/mol. The molecule has 0 aliphatic carbocycles. The maximum absolute atomic E-state index is 10.9. The van der Waals surface area contributed by atoms with Gasteiger partial charge in [0.2, 0.25) is 0 Å². The van der Waals surface area contributed by atoms with Gasteiger partial charge in [0.1, 0.15) is 5.82 Å². The molecule has 24 heavy (non-hydrogen) atoms. The van der Waals surface area contributed by atoms with Crippen LogP contribution < -0.4 is 0 Å². The van der Waals surface area contributed by atoms with Crippen molar-refractivity contribution in [2.45, 2.75) is 32.7 Å². The van der Waals surface area contributed by atoms with Gasteiger partial charge in [-0.3, -0.25) is 0 Å². The molecule has 7 heteroatoms. The lowest BCUT2D eigenvalue weighted by Gasteiger charge is -2.16. The van der Waals surface area contributed by atoms with Crippen LogP contribution >= 0.6 is 0 Å². The van der Waals surface area contributed by atoms with Crippen LogP contribution in [0.15, 0.2) is 24.3 Å². The first-order valence-corrected chi connectivity index (χ1v) is 8.39. The highest BCUT2D eigenvalue weighted by Gasteiger charge is 2.22. The number of tetrazole rings is 1. The van der Waals surface area contributed by atoms with E-state index in [1.54, 1.807) is 12.1 Å². The summed E-state index contributed by atoms with van der Waals surface area (Å²) in [6.45, 7) is 6.08. The summed E-state index contributed by atoms with van der Waals surface area (Å²) in [7, 11) is 0. The Labute approximate surface area is 141 Å². The molecule has 0 saturated carbocycles. The molecule has 1 aliphatic heterocycles. The van der Waals surface area contributed by atoms with Gasteiger partial charge in [-0.15, -0.1) is 5.10 Å². The Hall–Kier alpha value is -2.28. The quantitative estimate of drug-likeness (QED) is 0.831. The van der Waals surface area contributed by atoms with Gasteiger partial charge in [0.25, 0.3) is 0 Å². The maximum atomic E-state index is 10.9. The summed E-state index contributed by atoms with van der Waals surface area (Å²) in [6, 6.07) is 7.26. The summed E-state index contributed by atoms with van der Waals surface area (Å²) in [4.78, 5) is 13.4. The number of aromatic nitrogens is 4. The van der Waals surface area contributed by atoms with Crippen molar-refractivity contribution >= 4 is 5.97 Å². The number of likely N-dealkylation sites (tertiary alicyclic amines) is 1. The van der Waals surface area contributed by atoms with Gasteiger partial charge in [0, 0.05) is 13.1 Å². The van der Waals surface area contributed by atoms with Crippen LogP contribution in [-0.2, 0) is 13.0 Å². The molecule has 0 amide bonds. The van der Waals surface area contributed by atoms with Gasteiger partial charge in [-0.1, -0.05) is 12.1 Å². The van der Waals surface area contributed by atoms with Crippen LogP contribution in [0.3, 0.4) is 0 Å². The van der Waals surface area contributed by atoms with Crippen LogP contribution in [0.25, 0.3) is 0 Å². The first-order chi connectivity index (χ1) is 11.6. The zero-order chi connectivity index (χ0) is 16.9. The van der Waals surface area contributed by atoms with Gasteiger partial charge < -0.3 is 10.0 Å². The molecular weight excluding hydrogens is 306 g/mol. The smallest absolute Gasteiger partial charge is 0.335 e. The normalized spacial score (nSPS) is 18.1. The minimum absolute atomic E-state index is 0.352. The predicted octanol–water partition coefficient (Wildman–Crippen LogP) is 1.63. The number of hydrogen-bond acceptors (Lipinski definition) is 5. The molecule has 2 aromatic rings. The molecule has 1 saturated heterocycles. The highest BCUT2D eigenvalue weighted by molar-refractivity contribution is 5.87. The Morgan fingerprint density at radius 2 is 2.08 bits per heavy atom. The fourth-order valence-electron chi connectivity index (χ4n) is 3.30. The number of aryl methyl sites for hydroxylation is 2. The summed E-state index contributed by atoms with van der Waals surface area (Å²) in [6.07, 6.45) is 3.26. The lowest BCUT2D eigenvalue weighted by atomic mass is 9.98. The Bertz CT molecular complexity index is 683. The minimum Gasteiger partial charge on any atom is -0.478 e. The van der Waals surface area contributed by atoms with E-state index in [0.29, 0.717) is 11.5 Å². The number of aromatic carboxylic acids is 1. The lowest BCUT2D eigenvalue weighted by Crippen LogP contribution is -2.23. The number of rotatable bonds is 7. The maximum Gasteiger partial charge on any atom is 0.335 e. The van der Waals surface area contributed by atoms with Gasteiger partial charge in [-0.05, 0) is 73.3 Å². The first kappa shape index (κ1) is 16.6. The fraction of sp³-hybridized carbons (Fsp3) is 0.529. The Morgan fingerprint density at radius 1 is 1.29 bits per heavy atom. The van der Waals surface area contributed by atoms with Crippen LogP contribution in [-0.4, -0.2) is 55.8 Å². The van der Waals surface area contributed by atoms with E-state index in [1.807, 2.05) is 23.7 Å². The van der Waals surface area contributed by atoms with Crippen LogP contribution in [0, 0.1) is 12.8 Å². The van der Waals surface area contributed by atoms with E-state index in [4.69, 9.17) is 5.11 Å². The summed E-state index contributed by atoms with van der Waals surface area (Å²) in [5.74, 6) is 0.640. The van der Waals surface area contributed by atoms with Gasteiger partial charge in [-0.25, -0.2) is 9.48 Å². The van der Waals surface area contributed by atoms with Crippen molar-refractivity contribution in [3.8, 4) is 0 Å². The van der Waals surface area contributed by atoms with Crippen molar-refractivity contribution in [2.75, 3.05) is 19.6 Å². The third-order valence-corrected chi connectivity index (χ3v) is 4.65. The summed E-state index contributed by atoms with van der Waals surface area (Å²) in [5, 5.41) is 20.5. The third-order valence-electron chi connectivity index (χ3n) is 4.65. The second-order valence-electron chi connectivity index (χ2n) is 6.46. The summed E-state index contributed by atoms with van der Waals surface area (Å²) < 4.78 is 1.84. The zero-order valence-electron chi connectivity index (χ0n) is 13.9. The molecule has 1 fully saturated rings. The second-order valence-corrected chi connectivity index (χ2v) is 6.46. The molecule has 128 valence electrons. The minimum atomic E-state index is -0.869. The Kier molecular flexibility index (Phi) is 5.20. The largest absolute Gasteiger partial charge is 0.478 e. The molecule has 0 spiro atoms. The SMILES string of the molecule is Cc1nnnn1CCCN1CCC(Cc2ccc(C(=O)O)cc2)C1. The number of carboxylic acid groups (broad SMARTS) is 1. The topological polar surface area (TPSA) is 84.1 Å². The van der Waals surface area contributed by atoms with Crippen molar-refractivity contribution in [1.82, 2.24) is 25.1 Å². The molecule has 1 N–H and O–H groups in total. The van der Waals surface area contributed by atoms with Gasteiger partial charge >= 0.3 is 5.97 Å². The molecule has 1 aliphatic rings. The Balaban J connectivity index is 1.42. The molecule has 3 rings (SSSR count). The van der Waals surface area contributed by atoms with E-state index >= 15 is 0 Å². The lowest BCUT2D eigenvalue weighted by molar-refractivity contribution is 0.0697. The van der Waals surface area contributed by atoms with Crippen molar-refractivity contribution in [3.63, 3.8) is 0 Å². The van der Waals surface area contributed by atoms with Crippen molar-refractivity contribution < 1.29 is 9.90 Å². The van der Waals surface area contributed by atoms with Gasteiger partial charge in [-0.2, -0.15) is 0 Å². The standard InChI is InChI=1S/C17H23N5O2/c1-13-18-19-20-22(13)9-2-8-21-10-7-15(12-21)11-14-3-5-16(6-4-14)17(23)24/h3-6,15H,2,7-12H2,1H3,(H,23,24). The van der Waals surface area contributed by atoms with Gasteiger partial charge in [0.05, 0.1) is 5.56 Å². The Morgan fingerprint density at radius 3 is 2.75 bits per heavy atom. The average Bonchev–Trinajstić information content (AvgIpc) is 3.18. The van der Waals surface area contributed by atoms with E-state index < -0.39 is 5.97 Å². The molecule has 1 atom stereocenters. The van der Waals surface area contributed by atoms with Crippen molar-refractivity contribution in [1.29, 1.82) is 0 Å². The van der Waals surface area contributed by atoms with E-state index in [2.05, 4.69) is 20.4 Å². The zero-order valence-corrected chi connectivity index (χ0v) is 13.9. The fourth-order valence-corrected chi connectivity index (χ4v) is 3.30. The molecule has 0 radical (unpaired) electrons. The van der Waals surface area contributed by atoms with Crippen LogP contribution in [0.1, 0.15) is 34.6 Å². The number of carboxylic acids is 1. The number of carbonyl (C=O) groups is 1. The molecular formula is C17H23N5O2. The first-order valence-electron chi connectivity index (χ1n) is 8.39. The van der Waals surface area contributed by atoms with E-state index in [0.717, 1.165) is 44.8 Å². The third kappa shape index (κ3) is 4.17. The van der Waals surface area contributed by atoms with Crippen LogP contribution in [0.2, 0.25) is 0 Å². The molecule has 1 unspecified atom stereocenters. The highest BCUT2D eigenvalue weighted by Crippen LogP contribution is 2.21. The second kappa shape index (κ2) is 7.53. The van der Waals surface area contributed by atoms with Crippen LogP contribution in [0.5, 0.6) is 0 Å². The molecule has 1 aromatic carbocycles.